The Morgan fingerprint density at radius 1 is 1.53 bits per heavy atom. The van der Waals surface area contributed by atoms with E-state index in [1.54, 1.807) is 6.92 Å². The second kappa shape index (κ2) is 6.08. The predicted octanol–water partition coefficient (Wildman–Crippen LogP) is 0.404. The number of aliphatic hydroxyl groups is 1. The minimum atomic E-state index is -0.361. The van der Waals surface area contributed by atoms with E-state index in [1.807, 2.05) is 6.92 Å². The standard InChI is InChI=1S/C11H22N2O2/c1-8(7-9(2)14)13-11(15)10-5-3-4-6-12-10/h8-10,12,14H,3-7H2,1-2H3,(H,13,15). The molecule has 1 aliphatic heterocycles. The van der Waals surface area contributed by atoms with Crippen molar-refractivity contribution in [3.05, 3.63) is 0 Å². The molecule has 0 radical (unpaired) electrons. The monoisotopic (exact) mass is 214 g/mol. The van der Waals surface area contributed by atoms with Gasteiger partial charge in [0.25, 0.3) is 0 Å². The average molecular weight is 214 g/mol. The molecule has 0 aromatic heterocycles. The van der Waals surface area contributed by atoms with E-state index in [9.17, 15) is 9.90 Å². The van der Waals surface area contributed by atoms with Crippen molar-refractivity contribution in [3.63, 3.8) is 0 Å². The third-order valence-electron chi connectivity index (χ3n) is 2.71. The lowest BCUT2D eigenvalue weighted by atomic mass is 10.0. The van der Waals surface area contributed by atoms with Gasteiger partial charge in [0, 0.05) is 6.04 Å². The first kappa shape index (κ1) is 12.5. The number of nitrogens with one attached hydrogen (secondary N) is 2. The molecule has 0 saturated carbocycles. The lowest BCUT2D eigenvalue weighted by Crippen LogP contribution is -2.49. The van der Waals surface area contributed by atoms with E-state index in [0.717, 1.165) is 25.8 Å². The van der Waals surface area contributed by atoms with Crippen molar-refractivity contribution >= 4 is 5.91 Å². The number of piperidine rings is 1. The van der Waals surface area contributed by atoms with Crippen molar-refractivity contribution in [1.29, 1.82) is 0 Å². The van der Waals surface area contributed by atoms with Crippen molar-refractivity contribution in [1.82, 2.24) is 10.6 Å². The summed E-state index contributed by atoms with van der Waals surface area (Å²) in [7, 11) is 0. The number of rotatable bonds is 4. The highest BCUT2D eigenvalue weighted by Gasteiger charge is 2.21. The Morgan fingerprint density at radius 3 is 2.80 bits per heavy atom. The topological polar surface area (TPSA) is 61.4 Å². The summed E-state index contributed by atoms with van der Waals surface area (Å²) in [4.78, 5) is 11.7. The molecule has 0 spiro atoms. The SMILES string of the molecule is CC(O)CC(C)NC(=O)C1CCCCN1. The molecule has 1 saturated heterocycles. The van der Waals surface area contributed by atoms with Gasteiger partial charge in [0.15, 0.2) is 0 Å². The Hall–Kier alpha value is -0.610. The number of carbonyl (C=O) groups excluding carboxylic acids is 1. The second-order valence-corrected chi connectivity index (χ2v) is 4.50. The Bertz CT molecular complexity index is 201. The maximum Gasteiger partial charge on any atom is 0.237 e. The summed E-state index contributed by atoms with van der Waals surface area (Å²) in [5.74, 6) is 0.0721. The molecule has 3 atom stereocenters. The minimum absolute atomic E-state index is 0.0322. The van der Waals surface area contributed by atoms with Crippen LogP contribution in [-0.2, 0) is 4.79 Å². The number of aliphatic hydroxyl groups excluding tert-OH is 1. The predicted molar refractivity (Wildman–Crippen MR) is 59.5 cm³/mol. The van der Waals surface area contributed by atoms with Crippen LogP contribution in [0, 0.1) is 0 Å². The summed E-state index contributed by atoms with van der Waals surface area (Å²) in [6, 6.07) is 0.0106. The fourth-order valence-corrected chi connectivity index (χ4v) is 1.99. The molecule has 3 unspecified atom stereocenters. The van der Waals surface area contributed by atoms with E-state index < -0.39 is 0 Å². The average Bonchev–Trinajstić information content (AvgIpc) is 2.17. The van der Waals surface area contributed by atoms with Crippen LogP contribution in [0.5, 0.6) is 0 Å². The zero-order valence-electron chi connectivity index (χ0n) is 9.62. The molecule has 0 aromatic carbocycles. The van der Waals surface area contributed by atoms with Crippen molar-refractivity contribution in [3.8, 4) is 0 Å². The fraction of sp³-hybridized carbons (Fsp3) is 0.909. The van der Waals surface area contributed by atoms with Gasteiger partial charge in [-0.3, -0.25) is 4.79 Å². The van der Waals surface area contributed by atoms with E-state index in [1.165, 1.54) is 0 Å². The maximum atomic E-state index is 11.7. The maximum absolute atomic E-state index is 11.7. The quantitative estimate of drug-likeness (QED) is 0.635. The van der Waals surface area contributed by atoms with Crippen LogP contribution in [0.25, 0.3) is 0 Å². The third-order valence-corrected chi connectivity index (χ3v) is 2.71. The molecule has 3 N–H and O–H groups in total. The van der Waals surface area contributed by atoms with Crippen LogP contribution in [0.1, 0.15) is 39.5 Å². The van der Waals surface area contributed by atoms with Gasteiger partial charge in [-0.1, -0.05) is 6.42 Å². The van der Waals surface area contributed by atoms with Crippen molar-refractivity contribution < 1.29 is 9.90 Å². The van der Waals surface area contributed by atoms with Gasteiger partial charge in [0.2, 0.25) is 5.91 Å². The van der Waals surface area contributed by atoms with E-state index >= 15 is 0 Å². The molecule has 1 rings (SSSR count). The first-order chi connectivity index (χ1) is 7.09. The summed E-state index contributed by atoms with van der Waals surface area (Å²) < 4.78 is 0. The molecule has 1 heterocycles. The number of hydrogen-bond donors (Lipinski definition) is 3. The Kier molecular flexibility index (Phi) is 5.05. The molecule has 1 fully saturated rings. The molecule has 0 aliphatic carbocycles. The van der Waals surface area contributed by atoms with Gasteiger partial charge in [-0.25, -0.2) is 0 Å². The molecule has 1 amide bonds. The summed E-state index contributed by atoms with van der Waals surface area (Å²) in [6.07, 6.45) is 3.45. The second-order valence-electron chi connectivity index (χ2n) is 4.50. The molecule has 4 heteroatoms. The van der Waals surface area contributed by atoms with Crippen LogP contribution in [0.3, 0.4) is 0 Å². The van der Waals surface area contributed by atoms with E-state index in [-0.39, 0.29) is 24.1 Å². The summed E-state index contributed by atoms with van der Waals surface area (Å²) in [6.45, 7) is 4.60. The smallest absolute Gasteiger partial charge is 0.237 e. The molecular formula is C11H22N2O2. The minimum Gasteiger partial charge on any atom is -0.393 e. The highest BCUT2D eigenvalue weighted by atomic mass is 16.3. The van der Waals surface area contributed by atoms with Crippen LogP contribution in [0.15, 0.2) is 0 Å². The summed E-state index contributed by atoms with van der Waals surface area (Å²) >= 11 is 0. The van der Waals surface area contributed by atoms with Gasteiger partial charge in [-0.15, -0.1) is 0 Å². The van der Waals surface area contributed by atoms with Crippen LogP contribution in [0.2, 0.25) is 0 Å². The molecule has 1 aliphatic rings. The highest BCUT2D eigenvalue weighted by Crippen LogP contribution is 2.07. The van der Waals surface area contributed by atoms with Gasteiger partial charge in [-0.05, 0) is 39.7 Å². The molecular weight excluding hydrogens is 192 g/mol. The molecule has 0 aromatic rings. The van der Waals surface area contributed by atoms with Gasteiger partial charge in [0.1, 0.15) is 0 Å². The van der Waals surface area contributed by atoms with Gasteiger partial charge >= 0.3 is 0 Å². The molecule has 88 valence electrons. The van der Waals surface area contributed by atoms with Crippen LogP contribution < -0.4 is 10.6 Å². The van der Waals surface area contributed by atoms with E-state index in [4.69, 9.17) is 0 Å². The first-order valence-corrected chi connectivity index (χ1v) is 5.81. The van der Waals surface area contributed by atoms with Gasteiger partial charge < -0.3 is 15.7 Å². The first-order valence-electron chi connectivity index (χ1n) is 5.81. The normalized spacial score (nSPS) is 25.7. The number of amides is 1. The third kappa shape index (κ3) is 4.62. The van der Waals surface area contributed by atoms with Crippen LogP contribution >= 0.6 is 0 Å². The van der Waals surface area contributed by atoms with Crippen LogP contribution in [-0.4, -0.2) is 35.7 Å². The van der Waals surface area contributed by atoms with E-state index in [0.29, 0.717) is 6.42 Å². The lowest BCUT2D eigenvalue weighted by molar-refractivity contribution is -0.124. The Morgan fingerprint density at radius 2 is 2.27 bits per heavy atom. The number of hydrogen-bond acceptors (Lipinski definition) is 3. The van der Waals surface area contributed by atoms with Crippen molar-refractivity contribution in [2.75, 3.05) is 6.54 Å². The molecule has 4 nitrogen and oxygen atoms in total. The zero-order valence-corrected chi connectivity index (χ0v) is 9.62. The van der Waals surface area contributed by atoms with E-state index in [2.05, 4.69) is 10.6 Å². The van der Waals surface area contributed by atoms with Crippen molar-refractivity contribution in [2.24, 2.45) is 0 Å². The number of carbonyl (C=O) groups is 1. The molecule has 0 bridgehead atoms. The van der Waals surface area contributed by atoms with Crippen molar-refractivity contribution in [2.45, 2.75) is 57.7 Å². The summed E-state index contributed by atoms with van der Waals surface area (Å²) in [5.41, 5.74) is 0. The molecule has 15 heavy (non-hydrogen) atoms. The Labute approximate surface area is 91.4 Å². The largest absolute Gasteiger partial charge is 0.393 e. The lowest BCUT2D eigenvalue weighted by Gasteiger charge is -2.24. The fourth-order valence-electron chi connectivity index (χ4n) is 1.99. The summed E-state index contributed by atoms with van der Waals surface area (Å²) in [5, 5.41) is 15.3. The zero-order chi connectivity index (χ0) is 11.3. The Balaban J connectivity index is 2.27. The van der Waals surface area contributed by atoms with Gasteiger partial charge in [0.05, 0.1) is 12.1 Å². The van der Waals surface area contributed by atoms with Gasteiger partial charge in [-0.2, -0.15) is 0 Å². The highest BCUT2D eigenvalue weighted by molar-refractivity contribution is 5.82. The van der Waals surface area contributed by atoms with Crippen LogP contribution in [0.4, 0.5) is 0 Å².